The van der Waals surface area contributed by atoms with Crippen molar-refractivity contribution in [1.82, 2.24) is 19.5 Å². The van der Waals surface area contributed by atoms with E-state index in [9.17, 15) is 15.8 Å². The maximum Gasteiger partial charge on any atom is 0.252 e. The largest absolute Gasteiger partial charge is 0.311 e. The minimum Gasteiger partial charge on any atom is -0.311 e. The molecule has 0 bridgehead atoms. The van der Waals surface area contributed by atoms with Crippen molar-refractivity contribution in [2.75, 3.05) is 9.80 Å². The van der Waals surface area contributed by atoms with Crippen molar-refractivity contribution in [1.29, 1.82) is 15.8 Å². The van der Waals surface area contributed by atoms with Gasteiger partial charge in [0.15, 0.2) is 17.5 Å². The monoisotopic (exact) mass is 1200 g/mol. The molecule has 10 heteroatoms. The Bertz CT molecular complexity index is 5410. The van der Waals surface area contributed by atoms with Gasteiger partial charge >= 0.3 is 0 Å². The molecule has 13 aromatic carbocycles. The number of hydrogen-bond acceptors (Lipinski definition) is 8. The molecule has 434 valence electrons. The number of hydrogen-bond donors (Lipinski definition) is 0. The zero-order chi connectivity index (χ0) is 62.8. The van der Waals surface area contributed by atoms with Crippen LogP contribution in [0, 0.1) is 34.0 Å². The highest BCUT2D eigenvalue weighted by Gasteiger charge is 2.44. The first-order chi connectivity index (χ1) is 46.4. The highest BCUT2D eigenvalue weighted by molar-refractivity contribution is 7.00. The standard InChI is InChI=1S/C84H50BN9/c86-51-54-28-41-76(71(44-54)84-90-82(62-22-12-4-13-23-62)89-83(91-84)63-24-14-5-15-25-63)94-74-42-33-64(59-20-10-3-11-21-59)47-69(74)70-48-65(34-43-75(70)94)66-49-79-81-80(50-66)93(68-37-31-61(32-38-68)58-18-8-2-9-19-58)78-46-56(53-88)27-40-73(78)85(81)72-39-26-55(52-87)45-77(72)92(79)67-35-29-60(30-36-67)57-16-6-1-7-17-57/h1-50H. The van der Waals surface area contributed by atoms with E-state index in [0.29, 0.717) is 39.7 Å². The first kappa shape index (κ1) is 54.9. The molecule has 0 fully saturated rings. The van der Waals surface area contributed by atoms with Crippen LogP contribution in [0.5, 0.6) is 0 Å². The maximum atomic E-state index is 10.7. The average molecular weight is 1200 g/mol. The van der Waals surface area contributed by atoms with E-state index in [2.05, 4.69) is 215 Å². The van der Waals surface area contributed by atoms with Gasteiger partial charge in [0.25, 0.3) is 6.71 Å². The molecule has 17 rings (SSSR count). The van der Waals surface area contributed by atoms with Crippen molar-refractivity contribution in [3.05, 3.63) is 320 Å². The number of anilines is 6. The lowest BCUT2D eigenvalue weighted by atomic mass is 9.33. The first-order valence-electron chi connectivity index (χ1n) is 31.2. The molecule has 0 atom stereocenters. The van der Waals surface area contributed by atoms with Gasteiger partial charge in [0.1, 0.15) is 0 Å². The quantitative estimate of drug-likeness (QED) is 0.124. The van der Waals surface area contributed by atoms with Crippen LogP contribution in [0.1, 0.15) is 16.7 Å². The van der Waals surface area contributed by atoms with Crippen molar-refractivity contribution in [3.63, 3.8) is 0 Å². The third kappa shape index (κ3) is 9.36. The van der Waals surface area contributed by atoms with Gasteiger partial charge in [0, 0.05) is 61.6 Å². The van der Waals surface area contributed by atoms with E-state index >= 15 is 0 Å². The third-order valence-electron chi connectivity index (χ3n) is 18.3. The minimum atomic E-state index is -0.278. The zero-order valence-corrected chi connectivity index (χ0v) is 50.5. The summed E-state index contributed by atoms with van der Waals surface area (Å²) in [5, 5.41) is 34.0. The van der Waals surface area contributed by atoms with Crippen LogP contribution in [0.4, 0.5) is 34.1 Å². The summed E-state index contributed by atoms with van der Waals surface area (Å²) >= 11 is 0. The van der Waals surface area contributed by atoms with Gasteiger partial charge in [-0.15, -0.1) is 0 Å². The first-order valence-corrected chi connectivity index (χ1v) is 31.2. The van der Waals surface area contributed by atoms with Crippen LogP contribution < -0.4 is 26.2 Å². The fourth-order valence-corrected chi connectivity index (χ4v) is 13.9. The van der Waals surface area contributed by atoms with Crippen LogP contribution in [-0.4, -0.2) is 26.2 Å². The fourth-order valence-electron chi connectivity index (χ4n) is 13.9. The molecule has 94 heavy (non-hydrogen) atoms. The highest BCUT2D eigenvalue weighted by atomic mass is 15.2. The summed E-state index contributed by atoms with van der Waals surface area (Å²) in [6.45, 7) is -0.278. The second-order valence-corrected chi connectivity index (χ2v) is 23.7. The van der Waals surface area contributed by atoms with E-state index in [0.717, 1.165) is 134 Å². The van der Waals surface area contributed by atoms with Gasteiger partial charge < -0.3 is 14.4 Å². The summed E-state index contributed by atoms with van der Waals surface area (Å²) in [4.78, 5) is 20.2. The second kappa shape index (κ2) is 22.7. The summed E-state index contributed by atoms with van der Waals surface area (Å²) in [6.07, 6.45) is 0. The van der Waals surface area contributed by atoms with Crippen LogP contribution in [0.2, 0.25) is 0 Å². The Balaban J connectivity index is 0.927. The molecule has 15 aromatic rings. The molecular formula is C84H50BN9. The molecule has 0 N–H and O–H groups in total. The molecule has 9 nitrogen and oxygen atoms in total. The molecule has 0 amide bonds. The van der Waals surface area contributed by atoms with E-state index in [4.69, 9.17) is 15.0 Å². The molecule has 0 saturated carbocycles. The van der Waals surface area contributed by atoms with E-state index in [1.807, 2.05) is 121 Å². The van der Waals surface area contributed by atoms with Crippen LogP contribution in [0.15, 0.2) is 303 Å². The summed E-state index contributed by atoms with van der Waals surface area (Å²) in [6, 6.07) is 112. The van der Waals surface area contributed by atoms with Gasteiger partial charge in [-0.3, -0.25) is 0 Å². The normalized spacial score (nSPS) is 11.9. The Morgan fingerprint density at radius 2 is 0.638 bits per heavy atom. The Morgan fingerprint density at radius 3 is 1.07 bits per heavy atom. The van der Waals surface area contributed by atoms with Gasteiger partial charge in [-0.1, -0.05) is 200 Å². The Hall–Kier alpha value is -13.2. The zero-order valence-electron chi connectivity index (χ0n) is 50.5. The summed E-state index contributed by atoms with van der Waals surface area (Å²) in [5.74, 6) is 1.46. The lowest BCUT2D eigenvalue weighted by Crippen LogP contribution is -2.61. The van der Waals surface area contributed by atoms with Crippen molar-refractivity contribution in [2.24, 2.45) is 0 Å². The Morgan fingerprint density at radius 1 is 0.277 bits per heavy atom. The van der Waals surface area contributed by atoms with E-state index < -0.39 is 0 Å². The van der Waals surface area contributed by atoms with Crippen molar-refractivity contribution in [2.45, 2.75) is 0 Å². The van der Waals surface area contributed by atoms with Crippen molar-refractivity contribution in [3.8, 4) is 103 Å². The minimum absolute atomic E-state index is 0.278. The van der Waals surface area contributed by atoms with Gasteiger partial charge in [0.05, 0.1) is 51.6 Å². The molecular weight excluding hydrogens is 1150 g/mol. The molecule has 0 spiro atoms. The number of aromatic nitrogens is 4. The predicted molar refractivity (Wildman–Crippen MR) is 380 cm³/mol. The van der Waals surface area contributed by atoms with Crippen LogP contribution >= 0.6 is 0 Å². The molecule has 0 unspecified atom stereocenters. The topological polar surface area (TPSA) is 121 Å². The van der Waals surface area contributed by atoms with Crippen molar-refractivity contribution < 1.29 is 0 Å². The van der Waals surface area contributed by atoms with Crippen LogP contribution in [-0.2, 0) is 0 Å². The molecule has 0 saturated heterocycles. The lowest BCUT2D eigenvalue weighted by Gasteiger charge is -2.44. The van der Waals surface area contributed by atoms with Gasteiger partial charge in [-0.25, -0.2) is 15.0 Å². The van der Waals surface area contributed by atoms with Crippen LogP contribution in [0.3, 0.4) is 0 Å². The molecule has 2 aliphatic heterocycles. The molecule has 2 aliphatic rings. The van der Waals surface area contributed by atoms with Gasteiger partial charge in [0.2, 0.25) is 0 Å². The highest BCUT2D eigenvalue weighted by Crippen LogP contribution is 2.48. The SMILES string of the molecule is N#Cc1ccc(-n2c3ccc(-c4ccccc4)cc3c3cc(-c4cc5c6c(c4)N(c4ccc(-c7ccccc7)cc4)c4cc(C#N)ccc4B6c4ccc(C#N)cc4N5c4ccc(-c5ccccc5)cc4)ccc32)c(-c2nc(-c3ccccc3)nc(-c3ccccc3)n2)c1. The van der Waals surface area contributed by atoms with Crippen molar-refractivity contribution >= 4 is 79.0 Å². The molecule has 4 heterocycles. The summed E-state index contributed by atoms with van der Waals surface area (Å²) in [7, 11) is 0. The second-order valence-electron chi connectivity index (χ2n) is 23.7. The lowest BCUT2D eigenvalue weighted by molar-refractivity contribution is 1.06. The van der Waals surface area contributed by atoms with Gasteiger partial charge in [-0.05, 0) is 164 Å². The summed E-state index contributed by atoms with van der Waals surface area (Å²) < 4.78 is 2.28. The number of rotatable bonds is 10. The smallest absolute Gasteiger partial charge is 0.252 e. The Labute approximate surface area is 543 Å². The van der Waals surface area contributed by atoms with Crippen LogP contribution in [0.25, 0.3) is 106 Å². The van der Waals surface area contributed by atoms with E-state index in [-0.39, 0.29) is 6.71 Å². The number of fused-ring (bicyclic) bond motifs is 7. The number of benzene rings is 13. The molecule has 0 radical (unpaired) electrons. The van der Waals surface area contributed by atoms with E-state index in [1.54, 1.807) is 0 Å². The number of nitriles is 3. The molecule has 0 aliphatic carbocycles. The maximum absolute atomic E-state index is 10.7. The molecule has 2 aromatic heterocycles. The fraction of sp³-hybridized carbons (Fsp3) is 0. The summed E-state index contributed by atoms with van der Waals surface area (Å²) in [5.41, 5.74) is 23.9. The van der Waals surface area contributed by atoms with E-state index in [1.165, 1.54) is 0 Å². The average Bonchev–Trinajstić information content (AvgIpc) is 0.770. The van der Waals surface area contributed by atoms with Gasteiger partial charge in [-0.2, -0.15) is 15.8 Å². The Kier molecular flexibility index (Phi) is 13.3. The third-order valence-corrected chi connectivity index (χ3v) is 18.3. The predicted octanol–water partition coefficient (Wildman–Crippen LogP) is 18.3. The number of nitrogens with zero attached hydrogens (tertiary/aromatic N) is 9.